The molecule has 1 heterocycles. The summed E-state index contributed by atoms with van der Waals surface area (Å²) in [5.41, 5.74) is 1.25. The summed E-state index contributed by atoms with van der Waals surface area (Å²) in [6.45, 7) is 2.20. The fourth-order valence-corrected chi connectivity index (χ4v) is 4.04. The van der Waals surface area contributed by atoms with Crippen molar-refractivity contribution in [2.45, 2.75) is 25.8 Å². The molecule has 1 unspecified atom stereocenters. The van der Waals surface area contributed by atoms with Crippen molar-refractivity contribution in [3.8, 4) is 0 Å². The molecule has 0 amide bonds. The third-order valence-corrected chi connectivity index (χ3v) is 5.33. The molecule has 0 fully saturated rings. The van der Waals surface area contributed by atoms with E-state index in [-0.39, 0.29) is 0 Å². The van der Waals surface area contributed by atoms with Crippen LogP contribution in [0.2, 0.25) is 5.02 Å². The molecule has 102 valence electrons. The van der Waals surface area contributed by atoms with Crippen molar-refractivity contribution in [3.63, 3.8) is 0 Å². The number of nitrogens with one attached hydrogen (secondary N) is 1. The Morgan fingerprint density at radius 3 is 2.58 bits per heavy atom. The Hall–Kier alpha value is -0.350. The first-order chi connectivity index (χ1) is 9.13. The predicted molar refractivity (Wildman–Crippen MR) is 88.4 cm³/mol. The number of hydrogen-bond acceptors (Lipinski definition) is 2. The lowest BCUT2D eigenvalue weighted by Gasteiger charge is -2.17. The van der Waals surface area contributed by atoms with E-state index >= 15 is 0 Å². The van der Waals surface area contributed by atoms with E-state index in [1.807, 2.05) is 30.5 Å². The summed E-state index contributed by atoms with van der Waals surface area (Å²) in [5, 5.41) is 4.15. The average Bonchev–Trinajstić information content (AvgIpc) is 2.84. The van der Waals surface area contributed by atoms with E-state index in [1.54, 1.807) is 0 Å². The maximum Gasteiger partial charge on any atom is 0.0417 e. The summed E-state index contributed by atoms with van der Waals surface area (Å²) < 4.78 is 1.06. The zero-order valence-corrected chi connectivity index (χ0v) is 14.2. The van der Waals surface area contributed by atoms with Gasteiger partial charge in [-0.15, -0.1) is 11.3 Å². The van der Waals surface area contributed by atoms with E-state index in [4.69, 9.17) is 11.6 Å². The van der Waals surface area contributed by atoms with Crippen LogP contribution in [0.4, 0.5) is 0 Å². The van der Waals surface area contributed by atoms with Crippen LogP contribution in [0.3, 0.4) is 0 Å². The van der Waals surface area contributed by atoms with Crippen molar-refractivity contribution in [1.82, 2.24) is 5.32 Å². The highest BCUT2D eigenvalue weighted by molar-refractivity contribution is 9.10. The van der Waals surface area contributed by atoms with Gasteiger partial charge in [-0.3, -0.25) is 0 Å². The minimum atomic E-state index is 0.301. The molecule has 0 aliphatic carbocycles. The van der Waals surface area contributed by atoms with Crippen LogP contribution >= 0.6 is 38.9 Å². The van der Waals surface area contributed by atoms with E-state index in [1.165, 1.54) is 15.3 Å². The minimum absolute atomic E-state index is 0.301. The Morgan fingerprint density at radius 1 is 1.26 bits per heavy atom. The van der Waals surface area contributed by atoms with Gasteiger partial charge in [-0.1, -0.05) is 40.5 Å². The van der Waals surface area contributed by atoms with Crippen molar-refractivity contribution < 1.29 is 0 Å². The maximum atomic E-state index is 6.00. The van der Waals surface area contributed by atoms with E-state index < -0.39 is 0 Å². The van der Waals surface area contributed by atoms with Crippen molar-refractivity contribution in [2.75, 3.05) is 7.05 Å². The third-order valence-electron chi connectivity index (χ3n) is 3.16. The Balaban J connectivity index is 2.19. The van der Waals surface area contributed by atoms with Crippen molar-refractivity contribution >= 4 is 38.9 Å². The molecule has 1 N–H and O–H groups in total. The Morgan fingerprint density at radius 2 is 2.00 bits per heavy atom. The molecule has 1 aromatic carbocycles. The molecule has 19 heavy (non-hydrogen) atoms. The van der Waals surface area contributed by atoms with Crippen LogP contribution < -0.4 is 5.32 Å². The molecule has 0 aliphatic heterocycles. The summed E-state index contributed by atoms with van der Waals surface area (Å²) >= 11 is 11.5. The van der Waals surface area contributed by atoms with Gasteiger partial charge in [0.25, 0.3) is 0 Å². The maximum absolute atomic E-state index is 6.00. The van der Waals surface area contributed by atoms with E-state index in [0.29, 0.717) is 6.04 Å². The topological polar surface area (TPSA) is 12.0 Å². The van der Waals surface area contributed by atoms with Gasteiger partial charge in [-0.05, 0) is 43.3 Å². The van der Waals surface area contributed by atoms with Gasteiger partial charge >= 0.3 is 0 Å². The molecule has 0 spiro atoms. The highest BCUT2D eigenvalue weighted by atomic mass is 79.9. The van der Waals surface area contributed by atoms with Gasteiger partial charge in [0.1, 0.15) is 0 Å². The molecule has 1 aromatic heterocycles. The van der Waals surface area contributed by atoms with Gasteiger partial charge < -0.3 is 5.32 Å². The minimum Gasteiger partial charge on any atom is -0.313 e. The van der Waals surface area contributed by atoms with Crippen molar-refractivity contribution in [1.29, 1.82) is 0 Å². The van der Waals surface area contributed by atoms with Crippen LogP contribution in [-0.4, -0.2) is 7.05 Å². The summed E-state index contributed by atoms with van der Waals surface area (Å²) in [6.07, 6.45) is 2.11. The normalized spacial score (nSPS) is 12.6. The highest BCUT2D eigenvalue weighted by Gasteiger charge is 2.14. The number of halogens is 2. The number of likely N-dealkylation sites (N-methyl/N-ethyl adjacent to an activating group) is 1. The molecule has 1 nitrogen and oxygen atoms in total. The lowest BCUT2D eigenvalue weighted by atomic mass is 10.0. The predicted octanol–water partition coefficient (Wildman–Crippen LogP) is 5.23. The van der Waals surface area contributed by atoms with Gasteiger partial charge in [-0.2, -0.15) is 0 Å². The summed E-state index contributed by atoms with van der Waals surface area (Å²) in [5.74, 6) is 0. The lowest BCUT2D eigenvalue weighted by Crippen LogP contribution is -2.18. The van der Waals surface area contributed by atoms with Gasteiger partial charge in [0.2, 0.25) is 0 Å². The van der Waals surface area contributed by atoms with Gasteiger partial charge in [-0.25, -0.2) is 0 Å². The van der Waals surface area contributed by atoms with Crippen LogP contribution in [0, 0.1) is 0 Å². The SMILES string of the molecule is CCc1ccc(CC(NC)c2ccc(Cl)cc2Br)s1. The number of benzene rings is 1. The Labute approximate surface area is 132 Å². The van der Waals surface area contributed by atoms with Crippen LogP contribution in [0.15, 0.2) is 34.8 Å². The fourth-order valence-electron chi connectivity index (χ4n) is 2.07. The third kappa shape index (κ3) is 3.82. The quantitative estimate of drug-likeness (QED) is 0.771. The standard InChI is InChI=1S/C15H17BrClNS/c1-3-11-5-6-12(19-11)9-15(18-2)13-7-4-10(17)8-14(13)16/h4-8,15,18H,3,9H2,1-2H3. The van der Waals surface area contributed by atoms with Gasteiger partial charge in [0.05, 0.1) is 0 Å². The zero-order valence-electron chi connectivity index (χ0n) is 11.0. The number of rotatable bonds is 5. The summed E-state index contributed by atoms with van der Waals surface area (Å²) in [7, 11) is 2.00. The fraction of sp³-hybridized carbons (Fsp3) is 0.333. The highest BCUT2D eigenvalue weighted by Crippen LogP contribution is 2.30. The van der Waals surface area contributed by atoms with Crippen molar-refractivity contribution in [3.05, 3.63) is 55.1 Å². The number of aryl methyl sites for hydroxylation is 1. The summed E-state index contributed by atoms with van der Waals surface area (Å²) in [6, 6.07) is 10.7. The average molecular weight is 359 g/mol. The zero-order chi connectivity index (χ0) is 13.8. The van der Waals surface area contributed by atoms with E-state index in [0.717, 1.165) is 22.3 Å². The van der Waals surface area contributed by atoms with Crippen LogP contribution in [0.25, 0.3) is 0 Å². The Bertz CT molecular complexity index is 553. The first-order valence-corrected chi connectivity index (χ1v) is 8.32. The monoisotopic (exact) mass is 357 g/mol. The molecular weight excluding hydrogens is 342 g/mol. The summed E-state index contributed by atoms with van der Waals surface area (Å²) in [4.78, 5) is 2.86. The molecule has 1 atom stereocenters. The molecule has 0 bridgehead atoms. The number of hydrogen-bond donors (Lipinski definition) is 1. The molecule has 2 rings (SSSR count). The number of thiophene rings is 1. The smallest absolute Gasteiger partial charge is 0.0417 e. The molecule has 4 heteroatoms. The first-order valence-electron chi connectivity index (χ1n) is 6.33. The second kappa shape index (κ2) is 6.89. The molecule has 0 radical (unpaired) electrons. The molecule has 0 aliphatic rings. The second-order valence-corrected chi connectivity index (χ2v) is 6.98. The molecule has 0 saturated heterocycles. The Kier molecular flexibility index (Phi) is 5.46. The van der Waals surface area contributed by atoms with Gasteiger partial charge in [0.15, 0.2) is 0 Å². The van der Waals surface area contributed by atoms with Crippen LogP contribution in [-0.2, 0) is 12.8 Å². The molecular formula is C15H17BrClNS. The van der Waals surface area contributed by atoms with Crippen LogP contribution in [0.5, 0.6) is 0 Å². The van der Waals surface area contributed by atoms with Crippen molar-refractivity contribution in [2.24, 2.45) is 0 Å². The van der Waals surface area contributed by atoms with E-state index in [9.17, 15) is 0 Å². The first kappa shape index (κ1) is 15.0. The molecule has 2 aromatic rings. The molecule has 0 saturated carbocycles. The largest absolute Gasteiger partial charge is 0.313 e. The van der Waals surface area contributed by atoms with E-state index in [2.05, 4.69) is 46.4 Å². The second-order valence-electron chi connectivity index (χ2n) is 4.43. The lowest BCUT2D eigenvalue weighted by molar-refractivity contribution is 0.594. The van der Waals surface area contributed by atoms with Crippen LogP contribution in [0.1, 0.15) is 28.3 Å². The van der Waals surface area contributed by atoms with Gasteiger partial charge in [0, 0.05) is 31.7 Å².